The second kappa shape index (κ2) is 5.96. The number of amides is 1. The smallest absolute Gasteiger partial charge is 0.258 e. The molecule has 0 aliphatic rings. The largest absolute Gasteiger partial charge is 0.493 e. The van der Waals surface area contributed by atoms with Crippen LogP contribution in [-0.2, 0) is 0 Å². The molecule has 2 rings (SSSR count). The molecule has 0 atom stereocenters. The van der Waals surface area contributed by atoms with E-state index in [-0.39, 0.29) is 11.9 Å². The highest BCUT2D eigenvalue weighted by Gasteiger charge is 2.14. The molecule has 5 nitrogen and oxygen atoms in total. The molecule has 2 aromatic rings. The van der Waals surface area contributed by atoms with Crippen molar-refractivity contribution in [2.45, 2.75) is 19.9 Å². The van der Waals surface area contributed by atoms with Gasteiger partial charge in [0.2, 0.25) is 0 Å². The first kappa shape index (κ1) is 14.4. The standard InChI is InChI=1S/C14H16ClN3O2/c1-9(2)18-8-10(7-16-18)14(19)17-12-6-4-5-11(15)13(12)20-3/h4-9H,1-3H3,(H,17,19). The summed E-state index contributed by atoms with van der Waals surface area (Å²) in [6.07, 6.45) is 3.24. The number of ether oxygens (including phenoxy) is 1. The molecule has 1 heterocycles. The van der Waals surface area contributed by atoms with E-state index in [0.29, 0.717) is 22.0 Å². The number of hydrogen-bond donors (Lipinski definition) is 1. The number of para-hydroxylation sites is 1. The van der Waals surface area contributed by atoms with Crippen molar-refractivity contribution in [1.82, 2.24) is 9.78 Å². The number of carbonyl (C=O) groups excluding carboxylic acids is 1. The van der Waals surface area contributed by atoms with Crippen LogP contribution in [0.2, 0.25) is 5.02 Å². The summed E-state index contributed by atoms with van der Waals surface area (Å²) in [5.41, 5.74) is 1.02. The highest BCUT2D eigenvalue weighted by Crippen LogP contribution is 2.32. The van der Waals surface area contributed by atoms with Crippen molar-refractivity contribution in [2.75, 3.05) is 12.4 Å². The predicted octanol–water partition coefficient (Wildman–Crippen LogP) is 3.38. The first-order valence-corrected chi connectivity index (χ1v) is 6.58. The molecule has 0 aliphatic carbocycles. The summed E-state index contributed by atoms with van der Waals surface area (Å²) in [5, 5.41) is 7.35. The van der Waals surface area contributed by atoms with Gasteiger partial charge in [-0.15, -0.1) is 0 Å². The number of nitrogens with zero attached hydrogens (tertiary/aromatic N) is 2. The molecular weight excluding hydrogens is 278 g/mol. The molecule has 0 saturated carbocycles. The average molecular weight is 294 g/mol. The highest BCUT2D eigenvalue weighted by atomic mass is 35.5. The Hall–Kier alpha value is -2.01. The minimum absolute atomic E-state index is 0.206. The highest BCUT2D eigenvalue weighted by molar-refractivity contribution is 6.32. The number of benzene rings is 1. The fourth-order valence-electron chi connectivity index (χ4n) is 1.75. The number of aromatic nitrogens is 2. The minimum Gasteiger partial charge on any atom is -0.493 e. The van der Waals surface area contributed by atoms with E-state index in [2.05, 4.69) is 10.4 Å². The van der Waals surface area contributed by atoms with Crippen molar-refractivity contribution in [2.24, 2.45) is 0 Å². The second-order valence-corrected chi connectivity index (χ2v) is 4.98. The first-order valence-electron chi connectivity index (χ1n) is 6.21. The predicted molar refractivity (Wildman–Crippen MR) is 78.6 cm³/mol. The first-order chi connectivity index (χ1) is 9.52. The fraction of sp³-hybridized carbons (Fsp3) is 0.286. The van der Waals surface area contributed by atoms with Gasteiger partial charge in [-0.25, -0.2) is 0 Å². The normalized spacial score (nSPS) is 10.7. The Morgan fingerprint density at radius 1 is 1.45 bits per heavy atom. The summed E-state index contributed by atoms with van der Waals surface area (Å²) >= 11 is 6.01. The van der Waals surface area contributed by atoms with Gasteiger partial charge in [0.25, 0.3) is 5.91 Å². The van der Waals surface area contributed by atoms with Crippen molar-refractivity contribution in [3.05, 3.63) is 41.2 Å². The van der Waals surface area contributed by atoms with Gasteiger partial charge >= 0.3 is 0 Å². The van der Waals surface area contributed by atoms with Crippen LogP contribution in [0, 0.1) is 0 Å². The molecule has 1 N–H and O–H groups in total. The van der Waals surface area contributed by atoms with Crippen LogP contribution < -0.4 is 10.1 Å². The topological polar surface area (TPSA) is 56.1 Å². The lowest BCUT2D eigenvalue weighted by Gasteiger charge is -2.10. The van der Waals surface area contributed by atoms with Gasteiger partial charge in [-0.2, -0.15) is 5.10 Å². The van der Waals surface area contributed by atoms with Crippen LogP contribution in [-0.4, -0.2) is 22.8 Å². The number of anilines is 1. The molecule has 6 heteroatoms. The molecule has 1 aromatic carbocycles. The Labute approximate surface area is 122 Å². The quantitative estimate of drug-likeness (QED) is 0.940. The maximum atomic E-state index is 12.2. The minimum atomic E-state index is -0.252. The van der Waals surface area contributed by atoms with E-state index in [9.17, 15) is 4.79 Å². The molecular formula is C14H16ClN3O2. The summed E-state index contributed by atoms with van der Waals surface area (Å²) in [7, 11) is 1.51. The van der Waals surface area contributed by atoms with Gasteiger partial charge in [0.15, 0.2) is 5.75 Å². The molecule has 0 bridgehead atoms. The lowest BCUT2D eigenvalue weighted by Crippen LogP contribution is -2.12. The van der Waals surface area contributed by atoms with Crippen molar-refractivity contribution in [1.29, 1.82) is 0 Å². The van der Waals surface area contributed by atoms with Crippen molar-refractivity contribution >= 4 is 23.2 Å². The Morgan fingerprint density at radius 3 is 2.80 bits per heavy atom. The van der Waals surface area contributed by atoms with E-state index >= 15 is 0 Å². The average Bonchev–Trinajstić information content (AvgIpc) is 2.89. The Morgan fingerprint density at radius 2 is 2.20 bits per heavy atom. The maximum absolute atomic E-state index is 12.2. The molecule has 1 aromatic heterocycles. The SMILES string of the molecule is COc1c(Cl)cccc1NC(=O)c1cnn(C(C)C)c1. The second-order valence-electron chi connectivity index (χ2n) is 4.58. The molecule has 0 radical (unpaired) electrons. The number of hydrogen-bond acceptors (Lipinski definition) is 3. The third-order valence-corrected chi connectivity index (χ3v) is 3.11. The Balaban J connectivity index is 2.21. The lowest BCUT2D eigenvalue weighted by atomic mass is 10.2. The summed E-state index contributed by atoms with van der Waals surface area (Å²) < 4.78 is 6.92. The molecule has 0 unspecified atom stereocenters. The number of rotatable bonds is 4. The van der Waals surface area contributed by atoms with Crippen LogP contribution in [0.1, 0.15) is 30.2 Å². The zero-order chi connectivity index (χ0) is 14.7. The fourth-order valence-corrected chi connectivity index (χ4v) is 2.00. The summed E-state index contributed by atoms with van der Waals surface area (Å²) in [6.45, 7) is 3.99. The van der Waals surface area contributed by atoms with Gasteiger partial charge < -0.3 is 10.1 Å². The number of methoxy groups -OCH3 is 1. The summed E-state index contributed by atoms with van der Waals surface area (Å²) in [6, 6.07) is 5.39. The zero-order valence-electron chi connectivity index (χ0n) is 11.6. The van der Waals surface area contributed by atoms with E-state index in [0.717, 1.165) is 0 Å². The van der Waals surface area contributed by atoms with Gasteiger partial charge in [-0.3, -0.25) is 9.48 Å². The Bertz CT molecular complexity index is 623. The van der Waals surface area contributed by atoms with E-state index in [1.54, 1.807) is 29.1 Å². The third kappa shape index (κ3) is 2.93. The number of nitrogens with one attached hydrogen (secondary N) is 1. The summed E-state index contributed by atoms with van der Waals surface area (Å²) in [5.74, 6) is 0.191. The molecule has 0 fully saturated rings. The van der Waals surface area contributed by atoms with E-state index in [1.807, 2.05) is 13.8 Å². The monoisotopic (exact) mass is 293 g/mol. The van der Waals surface area contributed by atoms with Crippen molar-refractivity contribution < 1.29 is 9.53 Å². The van der Waals surface area contributed by atoms with Gasteiger partial charge in [0.1, 0.15) is 0 Å². The van der Waals surface area contributed by atoms with E-state index in [4.69, 9.17) is 16.3 Å². The maximum Gasteiger partial charge on any atom is 0.258 e. The van der Waals surface area contributed by atoms with Crippen LogP contribution in [0.3, 0.4) is 0 Å². The van der Waals surface area contributed by atoms with Gasteiger partial charge in [-0.05, 0) is 26.0 Å². The van der Waals surface area contributed by atoms with E-state index < -0.39 is 0 Å². The number of carbonyl (C=O) groups is 1. The van der Waals surface area contributed by atoms with Gasteiger partial charge in [0, 0.05) is 12.2 Å². The Kier molecular flexibility index (Phi) is 4.29. The van der Waals surface area contributed by atoms with Crippen molar-refractivity contribution in [3.63, 3.8) is 0 Å². The molecule has 0 saturated heterocycles. The van der Waals surface area contributed by atoms with Crippen LogP contribution in [0.15, 0.2) is 30.6 Å². The van der Waals surface area contributed by atoms with Gasteiger partial charge in [-0.1, -0.05) is 17.7 Å². The zero-order valence-corrected chi connectivity index (χ0v) is 12.3. The van der Waals surface area contributed by atoms with Crippen LogP contribution in [0.4, 0.5) is 5.69 Å². The lowest BCUT2D eigenvalue weighted by molar-refractivity contribution is 0.102. The van der Waals surface area contributed by atoms with Gasteiger partial charge in [0.05, 0.1) is 29.6 Å². The molecule has 1 amide bonds. The molecule has 0 aliphatic heterocycles. The number of halogens is 1. The summed E-state index contributed by atoms with van der Waals surface area (Å²) in [4.78, 5) is 12.2. The van der Waals surface area contributed by atoms with Crippen LogP contribution >= 0.6 is 11.6 Å². The van der Waals surface area contributed by atoms with E-state index in [1.165, 1.54) is 13.3 Å². The van der Waals surface area contributed by atoms with Crippen molar-refractivity contribution in [3.8, 4) is 5.75 Å². The van der Waals surface area contributed by atoms with Crippen LogP contribution in [0.25, 0.3) is 0 Å². The molecule has 0 spiro atoms. The third-order valence-electron chi connectivity index (χ3n) is 2.81. The van der Waals surface area contributed by atoms with Crippen LogP contribution in [0.5, 0.6) is 5.75 Å². The molecule has 20 heavy (non-hydrogen) atoms. The molecule has 106 valence electrons.